The Bertz CT molecular complexity index is 393. The van der Waals surface area contributed by atoms with E-state index in [1.807, 2.05) is 0 Å². The van der Waals surface area contributed by atoms with Gasteiger partial charge in [-0.05, 0) is 42.5 Å². The van der Waals surface area contributed by atoms with E-state index in [0.717, 1.165) is 18.4 Å². The fourth-order valence-corrected chi connectivity index (χ4v) is 0.880. The Morgan fingerprint density at radius 3 is 2.50 bits per heavy atom. The maximum Gasteiger partial charge on any atom is 0.115 e. The summed E-state index contributed by atoms with van der Waals surface area (Å²) in [7, 11) is 0. The lowest BCUT2D eigenvalue weighted by Gasteiger charge is -1.89. The Morgan fingerprint density at radius 2 is 1.86 bits per heavy atom. The minimum atomic E-state index is 0.257. The van der Waals surface area contributed by atoms with Gasteiger partial charge < -0.3 is 5.11 Å². The van der Waals surface area contributed by atoms with E-state index >= 15 is 0 Å². The van der Waals surface area contributed by atoms with Crippen molar-refractivity contribution in [2.75, 3.05) is 0 Å². The first-order chi connectivity index (χ1) is 6.83. The van der Waals surface area contributed by atoms with Crippen molar-refractivity contribution in [3.63, 3.8) is 0 Å². The molecule has 0 heterocycles. The quantitative estimate of drug-likeness (QED) is 0.665. The molecular formula is C13H12O. The molecule has 1 N–H and O–H groups in total. The molecule has 0 bridgehead atoms. The van der Waals surface area contributed by atoms with Crippen molar-refractivity contribution in [1.82, 2.24) is 0 Å². The van der Waals surface area contributed by atoms with Crippen LogP contribution in [-0.2, 0) is 0 Å². The van der Waals surface area contributed by atoms with Crippen molar-refractivity contribution in [2.45, 2.75) is 19.8 Å². The number of unbranched alkanes of at least 4 members (excludes halogenated alkanes) is 1. The molecule has 14 heavy (non-hydrogen) atoms. The third-order valence-corrected chi connectivity index (χ3v) is 1.60. The van der Waals surface area contributed by atoms with Crippen LogP contribution in [0.15, 0.2) is 24.3 Å². The molecule has 0 atom stereocenters. The van der Waals surface area contributed by atoms with Gasteiger partial charge in [-0.25, -0.2) is 0 Å². The summed E-state index contributed by atoms with van der Waals surface area (Å²) in [6.45, 7) is 2.09. The molecule has 0 amide bonds. The number of phenolic OH excluding ortho intramolecular Hbond substituents is 1. The van der Waals surface area contributed by atoms with Crippen molar-refractivity contribution in [3.8, 4) is 29.4 Å². The Kier molecular flexibility index (Phi) is 4.18. The van der Waals surface area contributed by atoms with Crippen LogP contribution >= 0.6 is 0 Å². The van der Waals surface area contributed by atoms with Gasteiger partial charge in [0.2, 0.25) is 0 Å². The molecule has 0 saturated carbocycles. The summed E-state index contributed by atoms with van der Waals surface area (Å²) in [6.07, 6.45) is 1.96. The van der Waals surface area contributed by atoms with Crippen LogP contribution in [-0.4, -0.2) is 5.11 Å². The van der Waals surface area contributed by atoms with Gasteiger partial charge in [0, 0.05) is 12.0 Å². The molecule has 0 saturated heterocycles. The number of phenols is 1. The Morgan fingerprint density at radius 1 is 1.14 bits per heavy atom. The molecule has 0 unspecified atom stereocenters. The highest BCUT2D eigenvalue weighted by Crippen LogP contribution is 2.07. The van der Waals surface area contributed by atoms with Crippen LogP contribution < -0.4 is 0 Å². The third kappa shape index (κ3) is 3.70. The lowest BCUT2D eigenvalue weighted by Crippen LogP contribution is -1.71. The highest BCUT2D eigenvalue weighted by Gasteiger charge is 1.85. The molecule has 0 spiro atoms. The van der Waals surface area contributed by atoms with Crippen LogP contribution in [0.2, 0.25) is 0 Å². The van der Waals surface area contributed by atoms with Gasteiger partial charge >= 0.3 is 0 Å². The second-order valence-corrected chi connectivity index (χ2v) is 2.85. The smallest absolute Gasteiger partial charge is 0.115 e. The summed E-state index contributed by atoms with van der Waals surface area (Å²) in [5.74, 6) is 11.6. The van der Waals surface area contributed by atoms with E-state index in [1.54, 1.807) is 24.3 Å². The fourth-order valence-electron chi connectivity index (χ4n) is 0.880. The number of benzene rings is 1. The molecule has 70 valence electrons. The van der Waals surface area contributed by atoms with Crippen LogP contribution in [0, 0.1) is 23.7 Å². The number of aromatic hydroxyl groups is 1. The average Bonchev–Trinajstić information content (AvgIpc) is 2.21. The molecule has 1 heteroatoms. The normalized spacial score (nSPS) is 8.07. The van der Waals surface area contributed by atoms with Gasteiger partial charge in [0.05, 0.1) is 0 Å². The standard InChI is InChI=1S/C13H12O/c1-2-3-4-5-6-7-12-8-10-13(14)11-9-12/h8-11,14H,2-3H2,1H3. The van der Waals surface area contributed by atoms with Gasteiger partial charge in [0.25, 0.3) is 0 Å². The zero-order valence-electron chi connectivity index (χ0n) is 8.17. The minimum Gasteiger partial charge on any atom is -0.508 e. The third-order valence-electron chi connectivity index (χ3n) is 1.60. The van der Waals surface area contributed by atoms with Crippen LogP contribution in [0.3, 0.4) is 0 Å². The molecule has 1 nitrogen and oxygen atoms in total. The highest BCUT2D eigenvalue weighted by molar-refractivity contribution is 5.41. The molecule has 0 aromatic heterocycles. The number of hydrogen-bond acceptors (Lipinski definition) is 1. The van der Waals surface area contributed by atoms with Gasteiger partial charge in [-0.3, -0.25) is 0 Å². The van der Waals surface area contributed by atoms with Crippen molar-refractivity contribution >= 4 is 0 Å². The largest absolute Gasteiger partial charge is 0.508 e. The second kappa shape index (κ2) is 5.73. The summed E-state index contributed by atoms with van der Waals surface area (Å²) in [6, 6.07) is 6.76. The SMILES string of the molecule is CCCC#CC#Cc1ccc(O)cc1. The van der Waals surface area contributed by atoms with Gasteiger partial charge in [0.1, 0.15) is 5.75 Å². The van der Waals surface area contributed by atoms with Crippen LogP contribution in [0.1, 0.15) is 25.3 Å². The molecule has 0 aliphatic carbocycles. The monoisotopic (exact) mass is 184 g/mol. The van der Waals surface area contributed by atoms with E-state index in [4.69, 9.17) is 5.11 Å². The fraction of sp³-hybridized carbons (Fsp3) is 0.231. The number of rotatable bonds is 1. The lowest BCUT2D eigenvalue weighted by molar-refractivity contribution is 0.475. The van der Waals surface area contributed by atoms with E-state index in [2.05, 4.69) is 30.6 Å². The molecule has 0 radical (unpaired) electrons. The van der Waals surface area contributed by atoms with Gasteiger partial charge in [-0.1, -0.05) is 18.8 Å². The van der Waals surface area contributed by atoms with Crippen molar-refractivity contribution in [3.05, 3.63) is 29.8 Å². The van der Waals surface area contributed by atoms with E-state index in [0.29, 0.717) is 0 Å². The summed E-state index contributed by atoms with van der Waals surface area (Å²) in [5.41, 5.74) is 0.869. The van der Waals surface area contributed by atoms with Gasteiger partial charge in [-0.15, -0.1) is 0 Å². The van der Waals surface area contributed by atoms with Gasteiger partial charge in [-0.2, -0.15) is 0 Å². The van der Waals surface area contributed by atoms with Crippen molar-refractivity contribution < 1.29 is 5.11 Å². The average molecular weight is 184 g/mol. The Labute approximate surface area is 84.8 Å². The van der Waals surface area contributed by atoms with Crippen molar-refractivity contribution in [1.29, 1.82) is 0 Å². The number of hydrogen-bond donors (Lipinski definition) is 1. The first-order valence-electron chi connectivity index (χ1n) is 4.61. The van der Waals surface area contributed by atoms with Crippen LogP contribution in [0.5, 0.6) is 5.75 Å². The molecule has 1 aromatic carbocycles. The van der Waals surface area contributed by atoms with E-state index < -0.39 is 0 Å². The zero-order valence-corrected chi connectivity index (χ0v) is 8.17. The Hall–Kier alpha value is -1.86. The minimum absolute atomic E-state index is 0.257. The first-order valence-corrected chi connectivity index (χ1v) is 4.61. The summed E-state index contributed by atoms with van der Waals surface area (Å²) in [4.78, 5) is 0. The first kappa shape index (κ1) is 10.2. The van der Waals surface area contributed by atoms with Crippen molar-refractivity contribution in [2.24, 2.45) is 0 Å². The maximum atomic E-state index is 9.02. The van der Waals surface area contributed by atoms with E-state index in [-0.39, 0.29) is 5.75 Å². The topological polar surface area (TPSA) is 20.2 Å². The van der Waals surface area contributed by atoms with Crippen LogP contribution in [0.4, 0.5) is 0 Å². The predicted octanol–water partition coefficient (Wildman–Crippen LogP) is 2.55. The Balaban J connectivity index is 2.61. The van der Waals surface area contributed by atoms with Gasteiger partial charge in [0.15, 0.2) is 0 Å². The van der Waals surface area contributed by atoms with E-state index in [1.165, 1.54) is 0 Å². The molecule has 0 fully saturated rings. The summed E-state index contributed by atoms with van der Waals surface area (Å²) < 4.78 is 0. The lowest BCUT2D eigenvalue weighted by atomic mass is 10.2. The highest BCUT2D eigenvalue weighted by atomic mass is 16.3. The molecule has 0 aliphatic heterocycles. The predicted molar refractivity (Wildman–Crippen MR) is 57.7 cm³/mol. The van der Waals surface area contributed by atoms with E-state index in [9.17, 15) is 0 Å². The van der Waals surface area contributed by atoms with Crippen LogP contribution in [0.25, 0.3) is 0 Å². The maximum absolute atomic E-state index is 9.02. The molecule has 0 aliphatic rings. The molecule has 1 aromatic rings. The molecule has 1 rings (SSSR count). The molecular weight excluding hydrogens is 172 g/mol. The zero-order chi connectivity index (χ0) is 10.2. The summed E-state index contributed by atoms with van der Waals surface area (Å²) >= 11 is 0. The second-order valence-electron chi connectivity index (χ2n) is 2.85. The summed E-state index contributed by atoms with van der Waals surface area (Å²) in [5, 5.41) is 9.02.